The summed E-state index contributed by atoms with van der Waals surface area (Å²) in [6.45, 7) is 0. The highest BCUT2D eigenvalue weighted by Gasteiger charge is 2.29. The normalized spacial score (nSPS) is 12.0. The maximum Gasteiger partial charge on any atom is 0.416 e. The van der Waals surface area contributed by atoms with E-state index in [0.717, 1.165) is 44.9 Å². The lowest BCUT2D eigenvalue weighted by molar-refractivity contribution is -0.137. The molecule has 34 heavy (non-hydrogen) atoms. The zero-order valence-corrected chi connectivity index (χ0v) is 17.6. The van der Waals surface area contributed by atoms with Crippen LogP contribution in [-0.2, 0) is 6.18 Å². The molecular weight excluding hydrogens is 442 g/mol. The van der Waals surface area contributed by atoms with Crippen molar-refractivity contribution in [2.24, 2.45) is 5.10 Å². The summed E-state index contributed by atoms with van der Waals surface area (Å²) in [4.78, 5) is 4.85. The molecule has 7 heteroatoms. The molecule has 0 aliphatic carbocycles. The van der Waals surface area contributed by atoms with Crippen molar-refractivity contribution in [3.05, 3.63) is 108 Å². The van der Waals surface area contributed by atoms with Gasteiger partial charge in [0.15, 0.2) is 0 Å². The van der Waals surface area contributed by atoms with Crippen molar-refractivity contribution < 1.29 is 17.6 Å². The van der Waals surface area contributed by atoms with E-state index in [1.807, 2.05) is 42.5 Å². The zero-order valence-electron chi connectivity index (χ0n) is 17.6. The lowest BCUT2D eigenvalue weighted by Gasteiger charge is -2.10. The molecule has 0 saturated heterocycles. The number of alkyl halides is 3. The number of benzene rings is 4. The number of hydrazone groups is 1. The summed E-state index contributed by atoms with van der Waals surface area (Å²) in [7, 11) is 0. The molecule has 0 saturated carbocycles. The Morgan fingerprint density at radius 2 is 1.53 bits per heavy atom. The van der Waals surface area contributed by atoms with Crippen LogP contribution < -0.4 is 5.43 Å². The van der Waals surface area contributed by atoms with Gasteiger partial charge in [0.05, 0.1) is 28.7 Å². The van der Waals surface area contributed by atoms with Crippen LogP contribution in [0.1, 0.15) is 11.1 Å². The van der Waals surface area contributed by atoms with Gasteiger partial charge in [-0.3, -0.25) is 5.43 Å². The number of halogens is 4. The number of hydrogen-bond donors (Lipinski definition) is 1. The van der Waals surface area contributed by atoms with Crippen LogP contribution in [0.4, 0.5) is 23.2 Å². The first kappa shape index (κ1) is 21.6. The molecular formula is C27H17F4N3. The van der Waals surface area contributed by atoms with Gasteiger partial charge in [0.25, 0.3) is 0 Å². The summed E-state index contributed by atoms with van der Waals surface area (Å²) in [6, 6.07) is 24.4. The van der Waals surface area contributed by atoms with Crippen LogP contribution in [0.15, 0.2) is 96.1 Å². The molecule has 0 radical (unpaired) electrons. The Hall–Kier alpha value is -4.26. The molecule has 0 amide bonds. The number of aromatic nitrogens is 1. The molecule has 1 heterocycles. The quantitative estimate of drug-likeness (QED) is 0.130. The van der Waals surface area contributed by atoms with Crippen LogP contribution in [0.25, 0.3) is 32.9 Å². The first-order valence-electron chi connectivity index (χ1n) is 10.4. The van der Waals surface area contributed by atoms with Crippen LogP contribution >= 0.6 is 0 Å². The highest BCUT2D eigenvalue weighted by atomic mass is 19.4. The van der Waals surface area contributed by atoms with Crippen molar-refractivity contribution in [3.8, 4) is 11.3 Å². The number of pyridine rings is 1. The molecule has 0 atom stereocenters. The van der Waals surface area contributed by atoms with Crippen molar-refractivity contribution in [2.75, 3.05) is 5.43 Å². The monoisotopic (exact) mass is 459 g/mol. The van der Waals surface area contributed by atoms with Crippen LogP contribution in [0.2, 0.25) is 0 Å². The van der Waals surface area contributed by atoms with E-state index in [1.165, 1.54) is 24.3 Å². The van der Waals surface area contributed by atoms with E-state index in [4.69, 9.17) is 4.98 Å². The predicted octanol–water partition coefficient (Wildman–Crippen LogP) is 7.66. The highest BCUT2D eigenvalue weighted by molar-refractivity contribution is 6.11. The fraction of sp³-hybridized carbons (Fsp3) is 0.0370. The van der Waals surface area contributed by atoms with Gasteiger partial charge in [0.1, 0.15) is 5.82 Å². The zero-order chi connectivity index (χ0) is 23.7. The van der Waals surface area contributed by atoms with Crippen molar-refractivity contribution in [3.63, 3.8) is 0 Å². The molecule has 1 aromatic heterocycles. The Morgan fingerprint density at radius 1 is 0.794 bits per heavy atom. The van der Waals surface area contributed by atoms with Gasteiger partial charge in [-0.1, -0.05) is 36.4 Å². The molecule has 0 unspecified atom stereocenters. The Morgan fingerprint density at radius 3 is 2.26 bits per heavy atom. The first-order chi connectivity index (χ1) is 16.4. The second-order valence-electron chi connectivity index (χ2n) is 7.73. The number of anilines is 1. The number of hydrogen-bond acceptors (Lipinski definition) is 3. The van der Waals surface area contributed by atoms with E-state index < -0.39 is 11.7 Å². The van der Waals surface area contributed by atoms with E-state index in [9.17, 15) is 17.6 Å². The Bertz CT molecular complexity index is 1510. The Labute approximate surface area is 192 Å². The maximum absolute atomic E-state index is 13.4. The maximum atomic E-state index is 13.4. The van der Waals surface area contributed by atoms with Gasteiger partial charge in [-0.15, -0.1) is 0 Å². The number of nitrogens with zero attached hydrogens (tertiary/aromatic N) is 2. The highest BCUT2D eigenvalue weighted by Crippen LogP contribution is 2.31. The van der Waals surface area contributed by atoms with E-state index in [1.54, 1.807) is 18.3 Å². The molecule has 0 fully saturated rings. The molecule has 168 valence electrons. The molecule has 0 aliphatic heterocycles. The number of fused-ring (bicyclic) bond motifs is 3. The molecule has 0 aliphatic rings. The summed E-state index contributed by atoms with van der Waals surface area (Å²) in [5.41, 5.74) is 5.41. The van der Waals surface area contributed by atoms with Gasteiger partial charge in [-0.2, -0.15) is 18.3 Å². The van der Waals surface area contributed by atoms with Gasteiger partial charge >= 0.3 is 6.18 Å². The third-order valence-corrected chi connectivity index (χ3v) is 5.49. The van der Waals surface area contributed by atoms with Gasteiger partial charge in [0.2, 0.25) is 0 Å². The SMILES string of the molecule is Fc1ccc(-c2cc(/C=N/Nc3ccc(C(F)(F)F)cc3)c3ccc4ccccc4c3n2)cc1. The van der Waals surface area contributed by atoms with Crippen molar-refractivity contribution in [1.82, 2.24) is 4.98 Å². The van der Waals surface area contributed by atoms with Crippen molar-refractivity contribution in [1.29, 1.82) is 0 Å². The first-order valence-corrected chi connectivity index (χ1v) is 10.4. The fourth-order valence-corrected chi connectivity index (χ4v) is 3.77. The average molecular weight is 459 g/mol. The number of nitrogens with one attached hydrogen (secondary N) is 1. The minimum absolute atomic E-state index is 0.336. The van der Waals surface area contributed by atoms with Gasteiger partial charge < -0.3 is 0 Å². The summed E-state index contributed by atoms with van der Waals surface area (Å²) >= 11 is 0. The third kappa shape index (κ3) is 4.32. The summed E-state index contributed by atoms with van der Waals surface area (Å²) in [5, 5.41) is 7.10. The van der Waals surface area contributed by atoms with Gasteiger partial charge in [-0.25, -0.2) is 9.37 Å². The fourth-order valence-electron chi connectivity index (χ4n) is 3.77. The van der Waals surface area contributed by atoms with E-state index in [-0.39, 0.29) is 5.82 Å². The average Bonchev–Trinajstić information content (AvgIpc) is 2.84. The minimum atomic E-state index is -4.39. The van der Waals surface area contributed by atoms with Crippen LogP contribution in [-0.4, -0.2) is 11.2 Å². The molecule has 0 spiro atoms. The molecule has 1 N–H and O–H groups in total. The second-order valence-corrected chi connectivity index (χ2v) is 7.73. The minimum Gasteiger partial charge on any atom is -0.279 e. The lowest BCUT2D eigenvalue weighted by Crippen LogP contribution is -2.04. The molecule has 4 aromatic carbocycles. The second kappa shape index (κ2) is 8.59. The van der Waals surface area contributed by atoms with Crippen molar-refractivity contribution in [2.45, 2.75) is 6.18 Å². The Balaban J connectivity index is 1.56. The van der Waals surface area contributed by atoms with Gasteiger partial charge in [-0.05, 0) is 60.0 Å². The van der Waals surface area contributed by atoms with Crippen LogP contribution in [0.5, 0.6) is 0 Å². The van der Waals surface area contributed by atoms with Gasteiger partial charge in [0, 0.05) is 21.9 Å². The third-order valence-electron chi connectivity index (χ3n) is 5.49. The molecule has 5 aromatic rings. The van der Waals surface area contributed by atoms with Crippen LogP contribution in [0, 0.1) is 5.82 Å². The lowest BCUT2D eigenvalue weighted by atomic mass is 10.0. The molecule has 5 rings (SSSR count). The topological polar surface area (TPSA) is 37.3 Å². The smallest absolute Gasteiger partial charge is 0.279 e. The Kier molecular flexibility index (Phi) is 5.45. The summed E-state index contributed by atoms with van der Waals surface area (Å²) in [5.74, 6) is -0.336. The van der Waals surface area contributed by atoms with Crippen molar-refractivity contribution >= 4 is 33.6 Å². The number of rotatable bonds is 4. The van der Waals surface area contributed by atoms with E-state index in [2.05, 4.69) is 10.5 Å². The largest absolute Gasteiger partial charge is 0.416 e. The standard InChI is InChI=1S/C27H17F4N3/c28-21-10-5-18(6-11-21)25-15-19(16-32-34-22-12-8-20(9-13-22)27(29,30)31)24-14-7-17-3-1-2-4-23(17)26(24)33-25/h1-16,34H/b32-16+. The summed E-state index contributed by atoms with van der Waals surface area (Å²) < 4.78 is 51.8. The predicted molar refractivity (Wildman–Crippen MR) is 127 cm³/mol. The molecule has 0 bridgehead atoms. The van der Waals surface area contributed by atoms with E-state index in [0.29, 0.717) is 11.4 Å². The van der Waals surface area contributed by atoms with E-state index >= 15 is 0 Å². The molecule has 3 nitrogen and oxygen atoms in total. The van der Waals surface area contributed by atoms with Crippen LogP contribution in [0.3, 0.4) is 0 Å². The summed E-state index contributed by atoms with van der Waals surface area (Å²) in [6.07, 6.45) is -2.79.